The van der Waals surface area contributed by atoms with Crippen LogP contribution < -0.4 is 10.0 Å². The zero-order valence-corrected chi connectivity index (χ0v) is 10.4. The Bertz CT molecular complexity index is 564. The van der Waals surface area contributed by atoms with Crippen LogP contribution in [0.3, 0.4) is 0 Å². The normalized spacial score (nSPS) is 13.0. The van der Waals surface area contributed by atoms with Crippen molar-refractivity contribution in [2.75, 3.05) is 7.05 Å². The number of hydrogen-bond acceptors (Lipinski definition) is 5. The Kier molecular flexibility index (Phi) is 4.03. The van der Waals surface area contributed by atoms with E-state index in [1.165, 1.54) is 14.0 Å². The highest BCUT2D eigenvalue weighted by molar-refractivity contribution is 7.89. The van der Waals surface area contributed by atoms with E-state index in [2.05, 4.69) is 15.5 Å². The van der Waals surface area contributed by atoms with E-state index in [0.29, 0.717) is 0 Å². The number of carboxylic acids is 1. The molecule has 1 aromatic rings. The minimum absolute atomic E-state index is 0.494. The SMILES string of the molecule is CNC(=O)C(C)NS(=O)(=O)c1[nH]ncc1C(=O)O. The number of sulfonamides is 1. The van der Waals surface area contributed by atoms with Crippen molar-refractivity contribution in [2.24, 2.45) is 0 Å². The molecule has 0 fully saturated rings. The van der Waals surface area contributed by atoms with Crippen LogP contribution in [0.15, 0.2) is 11.2 Å². The van der Waals surface area contributed by atoms with Gasteiger partial charge in [0.05, 0.1) is 12.2 Å². The molecule has 1 aromatic heterocycles. The van der Waals surface area contributed by atoms with Crippen LogP contribution in [0, 0.1) is 0 Å². The number of carboxylic acid groups (broad SMARTS) is 1. The molecule has 0 saturated heterocycles. The van der Waals surface area contributed by atoms with Crippen LogP contribution >= 0.6 is 0 Å². The van der Waals surface area contributed by atoms with Crippen LogP contribution in [-0.4, -0.2) is 48.7 Å². The van der Waals surface area contributed by atoms with Gasteiger partial charge >= 0.3 is 5.97 Å². The maximum atomic E-state index is 11.8. The Labute approximate surface area is 103 Å². The lowest BCUT2D eigenvalue weighted by Gasteiger charge is -2.11. The van der Waals surface area contributed by atoms with Gasteiger partial charge in [-0.3, -0.25) is 9.89 Å². The van der Waals surface area contributed by atoms with Gasteiger partial charge in [-0.25, -0.2) is 13.2 Å². The maximum Gasteiger partial charge on any atom is 0.340 e. The Hall–Kier alpha value is -1.94. The van der Waals surface area contributed by atoms with Gasteiger partial charge < -0.3 is 10.4 Å². The summed E-state index contributed by atoms with van der Waals surface area (Å²) in [5.41, 5.74) is -0.494. The zero-order chi connectivity index (χ0) is 13.9. The predicted octanol–water partition coefficient (Wildman–Crippen LogP) is -1.48. The van der Waals surface area contributed by atoms with Gasteiger partial charge in [0.15, 0.2) is 5.03 Å². The van der Waals surface area contributed by atoms with E-state index in [1.807, 2.05) is 4.72 Å². The van der Waals surface area contributed by atoms with E-state index in [-0.39, 0.29) is 0 Å². The highest BCUT2D eigenvalue weighted by Crippen LogP contribution is 2.11. The Balaban J connectivity index is 3.04. The summed E-state index contributed by atoms with van der Waals surface area (Å²) in [7, 11) is -2.80. The lowest BCUT2D eigenvalue weighted by atomic mass is 10.3. The summed E-state index contributed by atoms with van der Waals surface area (Å²) in [6, 6.07) is -1.04. The van der Waals surface area contributed by atoms with Crippen LogP contribution in [-0.2, 0) is 14.8 Å². The predicted molar refractivity (Wildman–Crippen MR) is 59.4 cm³/mol. The van der Waals surface area contributed by atoms with Gasteiger partial charge in [-0.1, -0.05) is 0 Å². The summed E-state index contributed by atoms with van der Waals surface area (Å²) in [4.78, 5) is 22.0. The van der Waals surface area contributed by atoms with Crippen molar-refractivity contribution in [1.29, 1.82) is 0 Å². The molecule has 0 radical (unpaired) electrons. The van der Waals surface area contributed by atoms with Crippen LogP contribution in [0.2, 0.25) is 0 Å². The van der Waals surface area contributed by atoms with Crippen molar-refractivity contribution in [1.82, 2.24) is 20.2 Å². The number of H-pyrrole nitrogens is 1. The third kappa shape index (κ3) is 2.84. The van der Waals surface area contributed by atoms with E-state index >= 15 is 0 Å². The maximum absolute atomic E-state index is 11.8. The molecule has 10 heteroatoms. The van der Waals surface area contributed by atoms with Crippen molar-refractivity contribution < 1.29 is 23.1 Å². The molecule has 0 spiro atoms. The molecule has 0 aliphatic carbocycles. The van der Waals surface area contributed by atoms with Gasteiger partial charge in [-0.05, 0) is 6.92 Å². The summed E-state index contributed by atoms with van der Waals surface area (Å²) < 4.78 is 25.7. The topological polar surface area (TPSA) is 141 Å². The van der Waals surface area contributed by atoms with Crippen LogP contribution in [0.25, 0.3) is 0 Å². The molecule has 4 N–H and O–H groups in total. The number of aromatic amines is 1. The molecule has 1 amide bonds. The molecule has 100 valence electrons. The summed E-state index contributed by atoms with van der Waals surface area (Å²) in [5.74, 6) is -1.98. The molecule has 1 unspecified atom stereocenters. The Morgan fingerprint density at radius 1 is 1.50 bits per heavy atom. The molecule has 1 rings (SSSR count). The summed E-state index contributed by atoms with van der Waals surface area (Å²) in [5, 5.41) is 15.9. The number of aromatic nitrogens is 2. The molecule has 0 aliphatic heterocycles. The van der Waals surface area contributed by atoms with Gasteiger partial charge in [-0.15, -0.1) is 0 Å². The fraction of sp³-hybridized carbons (Fsp3) is 0.375. The molecule has 0 bridgehead atoms. The van der Waals surface area contributed by atoms with Gasteiger partial charge in [-0.2, -0.15) is 9.82 Å². The number of nitrogens with zero attached hydrogens (tertiary/aromatic N) is 1. The van der Waals surface area contributed by atoms with E-state index in [1.54, 1.807) is 0 Å². The summed E-state index contributed by atoms with van der Waals surface area (Å²) >= 11 is 0. The van der Waals surface area contributed by atoms with Crippen molar-refractivity contribution in [2.45, 2.75) is 18.0 Å². The minimum Gasteiger partial charge on any atom is -0.478 e. The number of rotatable bonds is 5. The third-order valence-electron chi connectivity index (χ3n) is 2.08. The molecule has 0 aromatic carbocycles. The van der Waals surface area contributed by atoms with Crippen molar-refractivity contribution >= 4 is 21.9 Å². The standard InChI is InChI=1S/C8H12N4O5S/c1-4(6(13)9-2)12-18(16,17)7-5(8(14)15)3-10-11-7/h3-4,12H,1-2H3,(H,9,13)(H,10,11)(H,14,15). The average molecular weight is 276 g/mol. The first-order valence-electron chi connectivity index (χ1n) is 4.80. The smallest absolute Gasteiger partial charge is 0.340 e. The monoisotopic (exact) mass is 276 g/mol. The van der Waals surface area contributed by atoms with Gasteiger partial charge in [0.1, 0.15) is 5.56 Å². The first-order chi connectivity index (χ1) is 8.29. The highest BCUT2D eigenvalue weighted by atomic mass is 32.2. The molecule has 9 nitrogen and oxygen atoms in total. The summed E-state index contributed by atoms with van der Waals surface area (Å²) in [6.07, 6.45) is 0.876. The second-order valence-corrected chi connectivity index (χ2v) is 5.03. The molecular formula is C8H12N4O5S. The molecular weight excluding hydrogens is 264 g/mol. The molecule has 1 atom stereocenters. The fourth-order valence-corrected chi connectivity index (χ4v) is 2.49. The number of aromatic carboxylic acids is 1. The lowest BCUT2D eigenvalue weighted by molar-refractivity contribution is -0.121. The third-order valence-corrected chi connectivity index (χ3v) is 3.59. The van der Waals surface area contributed by atoms with Crippen LogP contribution in [0.4, 0.5) is 0 Å². The van der Waals surface area contributed by atoms with Gasteiger partial charge in [0.2, 0.25) is 5.91 Å². The second-order valence-electron chi connectivity index (χ2n) is 3.38. The molecule has 18 heavy (non-hydrogen) atoms. The van der Waals surface area contributed by atoms with E-state index < -0.39 is 38.5 Å². The first-order valence-corrected chi connectivity index (χ1v) is 6.28. The van der Waals surface area contributed by atoms with Gasteiger partial charge in [0.25, 0.3) is 10.0 Å². The summed E-state index contributed by atoms with van der Waals surface area (Å²) in [6.45, 7) is 1.33. The van der Waals surface area contributed by atoms with Gasteiger partial charge in [0, 0.05) is 7.05 Å². The fourth-order valence-electron chi connectivity index (χ4n) is 1.19. The Morgan fingerprint density at radius 2 is 2.11 bits per heavy atom. The number of hydrogen-bond donors (Lipinski definition) is 4. The first kappa shape index (κ1) is 14.1. The highest BCUT2D eigenvalue weighted by Gasteiger charge is 2.27. The largest absolute Gasteiger partial charge is 0.478 e. The number of carbonyl (C=O) groups is 2. The molecule has 1 heterocycles. The zero-order valence-electron chi connectivity index (χ0n) is 9.59. The van der Waals surface area contributed by atoms with E-state index in [4.69, 9.17) is 5.11 Å². The number of amides is 1. The number of nitrogens with one attached hydrogen (secondary N) is 3. The Morgan fingerprint density at radius 3 is 2.61 bits per heavy atom. The minimum atomic E-state index is -4.16. The second kappa shape index (κ2) is 5.14. The number of carbonyl (C=O) groups excluding carboxylic acids is 1. The molecule has 0 aliphatic rings. The van der Waals surface area contributed by atoms with Crippen molar-refractivity contribution in [3.63, 3.8) is 0 Å². The molecule has 0 saturated carbocycles. The van der Waals surface area contributed by atoms with Crippen molar-refractivity contribution in [3.8, 4) is 0 Å². The van der Waals surface area contributed by atoms with Crippen LogP contribution in [0.5, 0.6) is 0 Å². The van der Waals surface area contributed by atoms with Crippen LogP contribution in [0.1, 0.15) is 17.3 Å². The van der Waals surface area contributed by atoms with Crippen molar-refractivity contribution in [3.05, 3.63) is 11.8 Å². The number of likely N-dealkylation sites (N-methyl/N-ethyl adjacent to an activating group) is 1. The van der Waals surface area contributed by atoms with E-state index in [0.717, 1.165) is 6.20 Å². The lowest BCUT2D eigenvalue weighted by Crippen LogP contribution is -2.43. The van der Waals surface area contributed by atoms with E-state index in [9.17, 15) is 18.0 Å². The quantitative estimate of drug-likeness (QED) is 0.517. The average Bonchev–Trinajstić information content (AvgIpc) is 2.76.